The van der Waals surface area contributed by atoms with E-state index >= 15 is 0 Å². The first kappa shape index (κ1) is 14.6. The predicted molar refractivity (Wildman–Crippen MR) is 74.9 cm³/mol. The number of ether oxygens (including phenoxy) is 1. The summed E-state index contributed by atoms with van der Waals surface area (Å²) in [5.74, 6) is 0.870. The molecule has 0 aliphatic carbocycles. The van der Waals surface area contributed by atoms with E-state index in [4.69, 9.17) is 15.0 Å². The Morgan fingerprint density at radius 2 is 2.20 bits per heavy atom. The largest absolute Gasteiger partial charge is 0.376 e. The number of rotatable bonds is 5. The van der Waals surface area contributed by atoms with E-state index < -0.39 is 5.54 Å². The Balaban J connectivity index is 2.20. The fourth-order valence-corrected chi connectivity index (χ4v) is 1.66. The predicted octanol–water partition coefficient (Wildman–Crippen LogP) is 2.04. The molecule has 6 heteroatoms. The van der Waals surface area contributed by atoms with E-state index in [9.17, 15) is 0 Å². The van der Waals surface area contributed by atoms with Gasteiger partial charge in [0.05, 0.1) is 12.7 Å². The van der Waals surface area contributed by atoms with Gasteiger partial charge in [0.2, 0.25) is 0 Å². The summed E-state index contributed by atoms with van der Waals surface area (Å²) < 4.78 is 10.8. The zero-order valence-corrected chi connectivity index (χ0v) is 12.3. The minimum Gasteiger partial charge on any atom is -0.376 e. The number of nitrogens with zero attached hydrogens (tertiary/aromatic N) is 3. The molecule has 2 heterocycles. The van der Waals surface area contributed by atoms with Gasteiger partial charge in [0.1, 0.15) is 5.54 Å². The molecule has 2 aromatic rings. The zero-order chi connectivity index (χ0) is 14.8. The number of aromatic nitrogens is 3. The van der Waals surface area contributed by atoms with E-state index in [0.717, 1.165) is 11.3 Å². The Bertz CT molecular complexity index is 578. The van der Waals surface area contributed by atoms with Crippen molar-refractivity contribution in [3.63, 3.8) is 0 Å². The Morgan fingerprint density at radius 3 is 2.85 bits per heavy atom. The van der Waals surface area contributed by atoms with Gasteiger partial charge in [-0.1, -0.05) is 5.16 Å². The summed E-state index contributed by atoms with van der Waals surface area (Å²) in [4.78, 5) is 8.50. The van der Waals surface area contributed by atoms with Gasteiger partial charge < -0.3 is 15.0 Å². The number of aryl methyl sites for hydroxylation is 1. The van der Waals surface area contributed by atoms with Crippen LogP contribution in [-0.4, -0.2) is 27.8 Å². The third-order valence-electron chi connectivity index (χ3n) is 2.80. The minimum absolute atomic E-state index is 0.104. The van der Waals surface area contributed by atoms with Crippen molar-refractivity contribution >= 4 is 0 Å². The summed E-state index contributed by atoms with van der Waals surface area (Å²) in [7, 11) is 0. The summed E-state index contributed by atoms with van der Waals surface area (Å²) in [6.07, 6.45) is 1.81. The standard InChI is InChI=1S/C14H20N4O2/c1-9(2)19-8-14(4,15)13-17-12(20-18-13)11-5-6-16-10(3)7-11/h5-7,9H,8,15H2,1-4H3. The lowest BCUT2D eigenvalue weighted by Gasteiger charge is -2.21. The third-order valence-corrected chi connectivity index (χ3v) is 2.80. The maximum atomic E-state index is 6.19. The highest BCUT2D eigenvalue weighted by Gasteiger charge is 2.28. The Hall–Kier alpha value is -1.79. The molecule has 1 atom stereocenters. The van der Waals surface area contributed by atoms with Crippen LogP contribution in [0.1, 0.15) is 32.3 Å². The smallest absolute Gasteiger partial charge is 0.258 e. The van der Waals surface area contributed by atoms with Crippen LogP contribution in [-0.2, 0) is 10.3 Å². The molecule has 0 saturated carbocycles. The minimum atomic E-state index is -0.784. The maximum Gasteiger partial charge on any atom is 0.258 e. The number of pyridine rings is 1. The first-order valence-electron chi connectivity index (χ1n) is 6.56. The highest BCUT2D eigenvalue weighted by molar-refractivity contribution is 5.52. The van der Waals surface area contributed by atoms with Gasteiger partial charge >= 0.3 is 0 Å². The molecule has 2 N–H and O–H groups in total. The van der Waals surface area contributed by atoms with Crippen LogP contribution in [0.4, 0.5) is 0 Å². The van der Waals surface area contributed by atoms with Crippen molar-refractivity contribution in [2.45, 2.75) is 39.3 Å². The Kier molecular flexibility index (Phi) is 4.15. The number of hydrogen-bond donors (Lipinski definition) is 1. The van der Waals surface area contributed by atoms with E-state index in [2.05, 4.69) is 15.1 Å². The van der Waals surface area contributed by atoms with Gasteiger partial charge in [-0.2, -0.15) is 4.98 Å². The summed E-state index contributed by atoms with van der Waals surface area (Å²) in [5.41, 5.74) is 7.12. The van der Waals surface area contributed by atoms with Gasteiger partial charge in [-0.3, -0.25) is 4.98 Å². The molecule has 0 aliphatic rings. The molecular formula is C14H20N4O2. The monoisotopic (exact) mass is 276 g/mol. The molecule has 1 unspecified atom stereocenters. The molecule has 0 radical (unpaired) electrons. The lowest BCUT2D eigenvalue weighted by Crippen LogP contribution is -2.40. The first-order chi connectivity index (χ1) is 9.38. The second-order valence-corrected chi connectivity index (χ2v) is 5.39. The fraction of sp³-hybridized carbons (Fsp3) is 0.500. The molecule has 108 valence electrons. The normalized spacial score (nSPS) is 14.5. The van der Waals surface area contributed by atoms with E-state index in [1.54, 1.807) is 6.20 Å². The van der Waals surface area contributed by atoms with Gasteiger partial charge in [0.15, 0.2) is 5.82 Å². The van der Waals surface area contributed by atoms with E-state index in [-0.39, 0.29) is 6.10 Å². The molecular weight excluding hydrogens is 256 g/mol. The molecule has 2 rings (SSSR count). The van der Waals surface area contributed by atoms with Gasteiger partial charge in [0.25, 0.3) is 5.89 Å². The molecule has 0 spiro atoms. The molecule has 20 heavy (non-hydrogen) atoms. The highest BCUT2D eigenvalue weighted by Crippen LogP contribution is 2.21. The van der Waals surface area contributed by atoms with Crippen molar-refractivity contribution < 1.29 is 9.26 Å². The topological polar surface area (TPSA) is 87.1 Å². The summed E-state index contributed by atoms with van der Waals surface area (Å²) in [6.45, 7) is 7.97. The molecule has 0 saturated heterocycles. The summed E-state index contributed by atoms with van der Waals surface area (Å²) in [6, 6.07) is 3.71. The second-order valence-electron chi connectivity index (χ2n) is 5.39. The number of hydrogen-bond acceptors (Lipinski definition) is 6. The summed E-state index contributed by atoms with van der Waals surface area (Å²) >= 11 is 0. The fourth-order valence-electron chi connectivity index (χ4n) is 1.66. The molecule has 0 amide bonds. The molecule has 0 aliphatic heterocycles. The highest BCUT2D eigenvalue weighted by atomic mass is 16.5. The van der Waals surface area contributed by atoms with Gasteiger partial charge in [-0.05, 0) is 39.8 Å². The average Bonchev–Trinajstić information content (AvgIpc) is 2.87. The van der Waals surface area contributed by atoms with Crippen LogP contribution in [0.25, 0.3) is 11.5 Å². The summed E-state index contributed by atoms with van der Waals surface area (Å²) in [5, 5.41) is 3.96. The van der Waals surface area contributed by atoms with Crippen LogP contribution >= 0.6 is 0 Å². The van der Waals surface area contributed by atoms with Crippen LogP contribution in [0, 0.1) is 6.92 Å². The van der Waals surface area contributed by atoms with Crippen molar-refractivity contribution in [2.75, 3.05) is 6.61 Å². The van der Waals surface area contributed by atoms with Crippen molar-refractivity contribution in [1.29, 1.82) is 0 Å². The van der Waals surface area contributed by atoms with Crippen LogP contribution in [0.5, 0.6) is 0 Å². The average molecular weight is 276 g/mol. The van der Waals surface area contributed by atoms with E-state index in [1.165, 1.54) is 0 Å². The van der Waals surface area contributed by atoms with Gasteiger partial charge in [0, 0.05) is 17.5 Å². The van der Waals surface area contributed by atoms with Crippen molar-refractivity contribution in [2.24, 2.45) is 5.73 Å². The quantitative estimate of drug-likeness (QED) is 0.899. The zero-order valence-electron chi connectivity index (χ0n) is 12.3. The van der Waals surface area contributed by atoms with Crippen LogP contribution in [0.3, 0.4) is 0 Å². The Labute approximate surface area is 118 Å². The van der Waals surface area contributed by atoms with Crippen molar-refractivity contribution in [1.82, 2.24) is 15.1 Å². The van der Waals surface area contributed by atoms with Crippen LogP contribution in [0.15, 0.2) is 22.9 Å². The molecule has 6 nitrogen and oxygen atoms in total. The lowest BCUT2D eigenvalue weighted by atomic mass is 10.1. The number of nitrogens with two attached hydrogens (primary N) is 1. The molecule has 0 bridgehead atoms. The lowest BCUT2D eigenvalue weighted by molar-refractivity contribution is 0.0410. The SMILES string of the molecule is Cc1cc(-c2nc(C(C)(N)COC(C)C)no2)ccn1. The van der Waals surface area contributed by atoms with Gasteiger partial charge in [-0.25, -0.2) is 0 Å². The van der Waals surface area contributed by atoms with E-state index in [1.807, 2.05) is 39.8 Å². The van der Waals surface area contributed by atoms with Crippen LogP contribution < -0.4 is 5.73 Å². The maximum absolute atomic E-state index is 6.19. The third kappa shape index (κ3) is 3.40. The van der Waals surface area contributed by atoms with E-state index in [0.29, 0.717) is 18.3 Å². The van der Waals surface area contributed by atoms with Gasteiger partial charge in [-0.15, -0.1) is 0 Å². The van der Waals surface area contributed by atoms with Crippen molar-refractivity contribution in [3.8, 4) is 11.5 Å². The van der Waals surface area contributed by atoms with Crippen molar-refractivity contribution in [3.05, 3.63) is 29.8 Å². The van der Waals surface area contributed by atoms with Crippen LogP contribution in [0.2, 0.25) is 0 Å². The first-order valence-corrected chi connectivity index (χ1v) is 6.56. The Morgan fingerprint density at radius 1 is 1.45 bits per heavy atom. The molecule has 0 aromatic carbocycles. The second kappa shape index (κ2) is 5.68. The molecule has 2 aromatic heterocycles. The molecule has 0 fully saturated rings.